The van der Waals surface area contributed by atoms with Crippen molar-refractivity contribution in [2.75, 3.05) is 25.0 Å². The molecule has 4 rings (SSSR count). The largest absolute Gasteiger partial charge is 0.441 e. The predicted molar refractivity (Wildman–Crippen MR) is 102 cm³/mol. The first kappa shape index (κ1) is 16.0. The van der Waals surface area contributed by atoms with E-state index in [1.165, 1.54) is 24.6 Å². The van der Waals surface area contributed by atoms with E-state index < -0.39 is 0 Å². The Kier molecular flexibility index (Phi) is 4.36. The molecule has 0 N–H and O–H groups in total. The number of likely N-dealkylation sites (N-methyl/N-ethyl adjacent to an activating group) is 1. The summed E-state index contributed by atoms with van der Waals surface area (Å²) in [7, 11) is 1.75. The third-order valence-corrected chi connectivity index (χ3v) is 5.35. The number of rotatable bonds is 3. The predicted octanol–water partition coefficient (Wildman–Crippen LogP) is 4.11. The minimum Gasteiger partial charge on any atom is -0.441 e. The first-order valence-corrected chi connectivity index (χ1v) is 9.18. The van der Waals surface area contributed by atoms with E-state index in [4.69, 9.17) is 4.42 Å². The van der Waals surface area contributed by atoms with Gasteiger partial charge in [0, 0.05) is 32.3 Å². The number of hydrogen-bond acceptors (Lipinski definition) is 5. The van der Waals surface area contributed by atoms with Gasteiger partial charge in [-0.15, -0.1) is 0 Å². The van der Waals surface area contributed by atoms with Gasteiger partial charge in [0.2, 0.25) is 0 Å². The Bertz CT molecular complexity index is 835. The molecule has 5 nitrogen and oxygen atoms in total. The second-order valence-corrected chi connectivity index (χ2v) is 7.08. The molecule has 0 radical (unpaired) electrons. The summed E-state index contributed by atoms with van der Waals surface area (Å²) in [4.78, 5) is 21.5. The van der Waals surface area contributed by atoms with Crippen molar-refractivity contribution >= 4 is 40.5 Å². The Labute approximate surface area is 151 Å². The summed E-state index contributed by atoms with van der Waals surface area (Å²) >= 11 is 1.37. The number of carbonyl (C=O) groups is 1. The van der Waals surface area contributed by atoms with Crippen LogP contribution in [0.15, 0.2) is 56.8 Å². The standard InChI is InChI=1S/C19H19N3O2S/c1-21-18(23)16(25-19(21)20-14-7-3-2-4-8-14)13-15-9-10-17(24-15)22-11-5-6-12-22/h2-4,7-10,13H,5-6,11-12H2,1H3/b16-13+,20-19?. The Morgan fingerprint density at radius 1 is 1.12 bits per heavy atom. The van der Waals surface area contributed by atoms with Gasteiger partial charge < -0.3 is 9.32 Å². The molecular weight excluding hydrogens is 334 g/mol. The molecule has 2 saturated heterocycles. The van der Waals surface area contributed by atoms with Crippen LogP contribution in [0.25, 0.3) is 6.08 Å². The lowest BCUT2D eigenvalue weighted by atomic mass is 10.3. The molecule has 1 aromatic carbocycles. The molecule has 6 heteroatoms. The average molecular weight is 353 g/mol. The summed E-state index contributed by atoms with van der Waals surface area (Å²) in [5.74, 6) is 1.53. The highest BCUT2D eigenvalue weighted by molar-refractivity contribution is 8.18. The van der Waals surface area contributed by atoms with E-state index in [1.54, 1.807) is 18.0 Å². The molecule has 25 heavy (non-hydrogen) atoms. The van der Waals surface area contributed by atoms with Crippen molar-refractivity contribution in [3.8, 4) is 0 Å². The Hall–Kier alpha value is -2.47. The summed E-state index contributed by atoms with van der Waals surface area (Å²) in [6.45, 7) is 2.07. The van der Waals surface area contributed by atoms with Gasteiger partial charge in [0.1, 0.15) is 5.76 Å². The number of carbonyl (C=O) groups excluding carboxylic acids is 1. The van der Waals surface area contributed by atoms with Crippen molar-refractivity contribution < 1.29 is 9.21 Å². The van der Waals surface area contributed by atoms with Gasteiger partial charge in [0.25, 0.3) is 5.91 Å². The number of amidine groups is 1. The molecule has 128 valence electrons. The first-order chi connectivity index (χ1) is 12.2. The van der Waals surface area contributed by atoms with E-state index in [0.717, 1.165) is 24.7 Å². The third kappa shape index (κ3) is 3.35. The second-order valence-electron chi connectivity index (χ2n) is 6.07. The van der Waals surface area contributed by atoms with Crippen molar-refractivity contribution in [3.05, 3.63) is 53.1 Å². The number of thioether (sulfide) groups is 1. The van der Waals surface area contributed by atoms with Crippen LogP contribution in [0.5, 0.6) is 0 Å². The van der Waals surface area contributed by atoms with Crippen molar-refractivity contribution in [1.82, 2.24) is 4.90 Å². The second kappa shape index (κ2) is 6.80. The van der Waals surface area contributed by atoms with Crippen LogP contribution in [-0.4, -0.2) is 36.1 Å². The fourth-order valence-corrected chi connectivity index (χ4v) is 3.89. The summed E-state index contributed by atoms with van der Waals surface area (Å²) in [6, 6.07) is 13.5. The maximum Gasteiger partial charge on any atom is 0.266 e. The van der Waals surface area contributed by atoms with Crippen LogP contribution in [0.4, 0.5) is 11.6 Å². The van der Waals surface area contributed by atoms with Crippen molar-refractivity contribution in [1.29, 1.82) is 0 Å². The van der Waals surface area contributed by atoms with Crippen LogP contribution in [0.3, 0.4) is 0 Å². The Morgan fingerprint density at radius 3 is 2.64 bits per heavy atom. The van der Waals surface area contributed by atoms with E-state index in [-0.39, 0.29) is 5.91 Å². The number of nitrogens with zero attached hydrogens (tertiary/aromatic N) is 3. The number of anilines is 1. The molecule has 1 amide bonds. The summed E-state index contributed by atoms with van der Waals surface area (Å²) in [5.41, 5.74) is 0.834. The van der Waals surface area contributed by atoms with Crippen LogP contribution >= 0.6 is 11.8 Å². The van der Waals surface area contributed by atoms with Gasteiger partial charge in [-0.05, 0) is 42.8 Å². The topological polar surface area (TPSA) is 49.1 Å². The molecule has 2 aliphatic rings. The van der Waals surface area contributed by atoms with Crippen LogP contribution < -0.4 is 4.90 Å². The summed E-state index contributed by atoms with van der Waals surface area (Å²) < 4.78 is 5.89. The van der Waals surface area contributed by atoms with Gasteiger partial charge in [-0.2, -0.15) is 0 Å². The maximum atomic E-state index is 12.5. The van der Waals surface area contributed by atoms with Crippen LogP contribution in [0.1, 0.15) is 18.6 Å². The Morgan fingerprint density at radius 2 is 1.88 bits per heavy atom. The van der Waals surface area contributed by atoms with Gasteiger partial charge in [-0.25, -0.2) is 4.99 Å². The minimum absolute atomic E-state index is 0.0567. The Balaban J connectivity index is 1.55. The minimum atomic E-state index is -0.0567. The van der Waals surface area contributed by atoms with Gasteiger partial charge >= 0.3 is 0 Å². The molecule has 2 aromatic rings. The fraction of sp³-hybridized carbons (Fsp3) is 0.263. The molecule has 0 bridgehead atoms. The van der Waals surface area contributed by atoms with Crippen LogP contribution in [-0.2, 0) is 4.79 Å². The van der Waals surface area contributed by atoms with Crippen molar-refractivity contribution in [2.45, 2.75) is 12.8 Å². The number of para-hydroxylation sites is 1. The van der Waals surface area contributed by atoms with Gasteiger partial charge in [0.05, 0.1) is 10.6 Å². The number of benzene rings is 1. The van der Waals surface area contributed by atoms with E-state index in [2.05, 4.69) is 9.89 Å². The SMILES string of the molecule is CN1C(=O)/C(=C\c2ccc(N3CCCC3)o2)SC1=Nc1ccccc1. The van der Waals surface area contributed by atoms with Crippen LogP contribution in [0, 0.1) is 0 Å². The zero-order valence-electron chi connectivity index (χ0n) is 14.0. The normalized spacial score (nSPS) is 21.1. The number of furan rings is 1. The number of amides is 1. The monoisotopic (exact) mass is 353 g/mol. The average Bonchev–Trinajstić information content (AvgIpc) is 3.35. The molecule has 0 atom stereocenters. The lowest BCUT2D eigenvalue weighted by Gasteiger charge is -2.12. The number of hydrogen-bond donors (Lipinski definition) is 0. The molecule has 0 saturated carbocycles. The third-order valence-electron chi connectivity index (χ3n) is 4.29. The van der Waals surface area contributed by atoms with Crippen molar-refractivity contribution in [2.24, 2.45) is 4.99 Å². The van der Waals surface area contributed by atoms with E-state index in [9.17, 15) is 4.79 Å². The highest BCUT2D eigenvalue weighted by Gasteiger charge is 2.30. The van der Waals surface area contributed by atoms with E-state index >= 15 is 0 Å². The summed E-state index contributed by atoms with van der Waals surface area (Å²) in [6.07, 6.45) is 4.21. The molecule has 2 fully saturated rings. The lowest BCUT2D eigenvalue weighted by molar-refractivity contribution is -0.121. The highest BCUT2D eigenvalue weighted by Crippen LogP contribution is 2.34. The zero-order chi connectivity index (χ0) is 17.2. The van der Waals surface area contributed by atoms with Gasteiger partial charge in [-0.3, -0.25) is 9.69 Å². The number of aliphatic imine (C=N–C) groups is 1. The maximum absolute atomic E-state index is 12.5. The van der Waals surface area contributed by atoms with Crippen molar-refractivity contribution in [3.63, 3.8) is 0 Å². The smallest absolute Gasteiger partial charge is 0.266 e. The molecule has 0 aliphatic carbocycles. The molecule has 2 aliphatic heterocycles. The van der Waals surface area contributed by atoms with Gasteiger partial charge in [0.15, 0.2) is 11.1 Å². The molecule has 1 aromatic heterocycles. The highest BCUT2D eigenvalue weighted by atomic mass is 32.2. The molecular formula is C19H19N3O2S. The molecule has 0 spiro atoms. The summed E-state index contributed by atoms with van der Waals surface area (Å²) in [5, 5.41) is 0.675. The quantitative estimate of drug-likeness (QED) is 0.779. The van der Waals surface area contributed by atoms with Gasteiger partial charge in [-0.1, -0.05) is 18.2 Å². The van der Waals surface area contributed by atoms with E-state index in [0.29, 0.717) is 15.8 Å². The fourth-order valence-electron chi connectivity index (χ4n) is 2.92. The van der Waals surface area contributed by atoms with E-state index in [1.807, 2.05) is 42.5 Å². The molecule has 0 unspecified atom stereocenters. The first-order valence-electron chi connectivity index (χ1n) is 8.37. The lowest BCUT2D eigenvalue weighted by Crippen LogP contribution is -2.23. The molecule has 3 heterocycles. The zero-order valence-corrected chi connectivity index (χ0v) is 14.8. The van der Waals surface area contributed by atoms with Crippen LogP contribution in [0.2, 0.25) is 0 Å².